The second-order valence-electron chi connectivity index (χ2n) is 14.9. The van der Waals surface area contributed by atoms with Crippen molar-refractivity contribution in [2.45, 2.75) is 115 Å². The summed E-state index contributed by atoms with van der Waals surface area (Å²) in [5.41, 5.74) is -0.486. The van der Waals surface area contributed by atoms with Crippen LogP contribution in [0.15, 0.2) is 23.4 Å². The largest absolute Gasteiger partial charge is 0.387 e. The highest BCUT2D eigenvalue weighted by atomic mass is 35.5. The fourth-order valence-corrected chi connectivity index (χ4v) is 6.97. The van der Waals surface area contributed by atoms with Gasteiger partial charge < -0.3 is 30.4 Å². The Balaban J connectivity index is 1.39. The first-order chi connectivity index (χ1) is 23.2. The van der Waals surface area contributed by atoms with Crippen molar-refractivity contribution in [1.29, 1.82) is 0 Å². The molecule has 3 aliphatic heterocycles. The molecule has 0 bridgehead atoms. The van der Waals surface area contributed by atoms with E-state index < -0.39 is 52.6 Å². The van der Waals surface area contributed by atoms with E-state index in [1.165, 1.54) is 4.90 Å². The molecule has 1 aromatic carbocycles. The molecule has 2 saturated heterocycles. The zero-order valence-electron chi connectivity index (χ0n) is 28.6. The SMILES string of the molecule is CCC[C@H](NC(=O)[C@@H]1C[C@]2(CC(c3ccc(Cl)c(Cl)c3)=NO2)CN1C(=O)[C@@H](NC(=O)CC1CCOCC1)C(C)(C)C)C(=O)C(=O)NC1CC1. The Morgan fingerprint density at radius 3 is 2.39 bits per heavy atom. The van der Waals surface area contributed by atoms with E-state index in [1.807, 2.05) is 27.7 Å². The molecule has 0 unspecified atom stereocenters. The number of hydrogen-bond donors (Lipinski definition) is 3. The van der Waals surface area contributed by atoms with Crippen molar-refractivity contribution in [3.05, 3.63) is 33.8 Å². The molecular formula is C35H47Cl2N5O7. The van der Waals surface area contributed by atoms with Gasteiger partial charge >= 0.3 is 0 Å². The Bertz CT molecular complexity index is 1490. The lowest BCUT2D eigenvalue weighted by atomic mass is 9.85. The minimum absolute atomic E-state index is 0.00914. The molecule has 14 heteroatoms. The van der Waals surface area contributed by atoms with Crippen molar-refractivity contribution in [3.63, 3.8) is 0 Å². The molecule has 49 heavy (non-hydrogen) atoms. The molecule has 3 N–H and O–H groups in total. The maximum absolute atomic E-state index is 14.5. The van der Waals surface area contributed by atoms with Crippen LogP contribution >= 0.6 is 23.2 Å². The van der Waals surface area contributed by atoms with E-state index in [1.54, 1.807) is 18.2 Å². The van der Waals surface area contributed by atoms with Crippen LogP contribution in [0.4, 0.5) is 0 Å². The Kier molecular flexibility index (Phi) is 11.6. The number of likely N-dealkylation sites (tertiary alicyclic amines) is 1. The van der Waals surface area contributed by atoms with E-state index in [2.05, 4.69) is 21.1 Å². The third-order valence-corrected chi connectivity index (χ3v) is 10.4. The minimum atomic E-state index is -1.06. The van der Waals surface area contributed by atoms with E-state index in [-0.39, 0.29) is 50.1 Å². The molecular weight excluding hydrogens is 673 g/mol. The van der Waals surface area contributed by atoms with Gasteiger partial charge in [0.2, 0.25) is 23.5 Å². The number of rotatable bonds is 12. The number of nitrogens with one attached hydrogen (secondary N) is 3. The molecule has 1 spiro atoms. The van der Waals surface area contributed by atoms with Crippen LogP contribution in [-0.2, 0) is 33.5 Å². The Labute approximate surface area is 297 Å². The van der Waals surface area contributed by atoms with Crippen molar-refractivity contribution >= 4 is 58.3 Å². The number of ether oxygens (including phenoxy) is 1. The van der Waals surface area contributed by atoms with Gasteiger partial charge in [-0.05, 0) is 55.6 Å². The fourth-order valence-electron chi connectivity index (χ4n) is 6.67. The second-order valence-corrected chi connectivity index (χ2v) is 15.7. The van der Waals surface area contributed by atoms with E-state index in [0.717, 1.165) is 25.7 Å². The number of carbonyl (C=O) groups excluding carboxylic acids is 5. The van der Waals surface area contributed by atoms with E-state index >= 15 is 0 Å². The number of hydrogen-bond acceptors (Lipinski definition) is 8. The van der Waals surface area contributed by atoms with E-state index in [4.69, 9.17) is 32.8 Å². The van der Waals surface area contributed by atoms with Crippen molar-refractivity contribution in [1.82, 2.24) is 20.9 Å². The van der Waals surface area contributed by atoms with Crippen LogP contribution in [0.25, 0.3) is 0 Å². The topological polar surface area (TPSA) is 156 Å². The first kappa shape index (κ1) is 37.0. The molecule has 1 aliphatic carbocycles. The van der Waals surface area contributed by atoms with Crippen LogP contribution in [-0.4, -0.2) is 89.6 Å². The summed E-state index contributed by atoms with van der Waals surface area (Å²) in [5.74, 6) is -2.55. The summed E-state index contributed by atoms with van der Waals surface area (Å²) in [5, 5.41) is 13.6. The molecule has 1 saturated carbocycles. The van der Waals surface area contributed by atoms with Crippen LogP contribution in [0, 0.1) is 11.3 Å². The maximum Gasteiger partial charge on any atom is 0.289 e. The van der Waals surface area contributed by atoms with Crippen LogP contribution in [0.3, 0.4) is 0 Å². The third-order valence-electron chi connectivity index (χ3n) is 9.66. The van der Waals surface area contributed by atoms with Crippen molar-refractivity contribution in [2.75, 3.05) is 19.8 Å². The molecule has 5 rings (SSSR count). The van der Waals surface area contributed by atoms with Gasteiger partial charge in [-0.1, -0.05) is 68.5 Å². The minimum Gasteiger partial charge on any atom is -0.387 e. The average molecular weight is 721 g/mol. The lowest BCUT2D eigenvalue weighted by molar-refractivity contribution is -0.145. The number of benzene rings is 1. The molecule has 3 heterocycles. The predicted molar refractivity (Wildman–Crippen MR) is 184 cm³/mol. The van der Waals surface area contributed by atoms with Crippen LogP contribution in [0.2, 0.25) is 10.0 Å². The molecule has 4 aliphatic rings. The first-order valence-electron chi connectivity index (χ1n) is 17.2. The Hall–Kier alpha value is -3.22. The smallest absolute Gasteiger partial charge is 0.289 e. The zero-order valence-corrected chi connectivity index (χ0v) is 30.1. The van der Waals surface area contributed by atoms with Gasteiger partial charge in [-0.25, -0.2) is 0 Å². The number of ketones is 1. The highest BCUT2D eigenvalue weighted by Gasteiger charge is 2.55. The monoisotopic (exact) mass is 719 g/mol. The van der Waals surface area contributed by atoms with Crippen LogP contribution < -0.4 is 16.0 Å². The maximum atomic E-state index is 14.5. The van der Waals surface area contributed by atoms with Crippen molar-refractivity contribution < 1.29 is 33.5 Å². The third kappa shape index (κ3) is 9.12. The highest BCUT2D eigenvalue weighted by molar-refractivity contribution is 6.42. The van der Waals surface area contributed by atoms with Gasteiger partial charge in [0.15, 0.2) is 5.60 Å². The number of oxime groups is 1. The first-order valence-corrected chi connectivity index (χ1v) is 18.0. The van der Waals surface area contributed by atoms with Crippen LogP contribution in [0.5, 0.6) is 0 Å². The van der Waals surface area contributed by atoms with Crippen molar-refractivity contribution in [3.8, 4) is 0 Å². The van der Waals surface area contributed by atoms with Gasteiger partial charge in [0.1, 0.15) is 12.1 Å². The number of nitrogens with zero attached hydrogens (tertiary/aromatic N) is 2. The Morgan fingerprint density at radius 1 is 1.04 bits per heavy atom. The van der Waals surface area contributed by atoms with Gasteiger partial charge in [-0.15, -0.1) is 0 Å². The summed E-state index contributed by atoms with van der Waals surface area (Å²) in [6.07, 6.45) is 4.59. The summed E-state index contributed by atoms with van der Waals surface area (Å²) >= 11 is 12.4. The van der Waals surface area contributed by atoms with Gasteiger partial charge in [-0.3, -0.25) is 24.0 Å². The Morgan fingerprint density at radius 2 is 1.76 bits per heavy atom. The molecule has 0 aromatic heterocycles. The fraction of sp³-hybridized carbons (Fsp3) is 0.657. The predicted octanol–water partition coefficient (Wildman–Crippen LogP) is 3.94. The van der Waals surface area contributed by atoms with E-state index in [0.29, 0.717) is 41.0 Å². The molecule has 268 valence electrons. The molecule has 1 aromatic rings. The summed E-state index contributed by atoms with van der Waals surface area (Å²) in [6.45, 7) is 8.64. The molecule has 3 fully saturated rings. The highest BCUT2D eigenvalue weighted by Crippen LogP contribution is 2.40. The lowest BCUT2D eigenvalue weighted by Crippen LogP contribution is -2.59. The average Bonchev–Trinajstić information content (AvgIpc) is 3.65. The number of Topliss-reactive ketones (excluding diaryl/α,β-unsaturated/α-hetero) is 1. The molecule has 4 atom stereocenters. The van der Waals surface area contributed by atoms with Gasteiger partial charge in [-0.2, -0.15) is 0 Å². The number of halogens is 2. The van der Waals surface area contributed by atoms with Gasteiger partial charge in [0, 0.05) is 44.1 Å². The summed E-state index contributed by atoms with van der Waals surface area (Å²) in [7, 11) is 0. The number of amides is 4. The van der Waals surface area contributed by atoms with Crippen molar-refractivity contribution in [2.24, 2.45) is 16.5 Å². The molecule has 12 nitrogen and oxygen atoms in total. The standard InChI is InChI=1S/C35H47Cl2N5O7/c1-5-6-25(29(44)32(46)38-22-8-9-22)39-31(45)27-18-35(17-26(41-49-35)21-7-10-23(36)24(37)16-21)19-42(27)33(47)30(34(2,3)4)40-28(43)15-20-11-13-48-14-12-20/h7,10,16,20,22,25,27,30H,5-6,8-9,11-15,17-19H2,1-4H3,(H,38,46)(H,39,45)(H,40,43)/t25-,27-,30+,35+/m0/s1. The van der Waals surface area contributed by atoms with Gasteiger partial charge in [0.25, 0.3) is 5.91 Å². The van der Waals surface area contributed by atoms with Gasteiger partial charge in [0.05, 0.1) is 28.3 Å². The number of carbonyl (C=O) groups is 5. The lowest BCUT2D eigenvalue weighted by Gasteiger charge is -2.36. The quantitative estimate of drug-likeness (QED) is 0.277. The normalized spacial score (nSPS) is 23.8. The summed E-state index contributed by atoms with van der Waals surface area (Å²) < 4.78 is 5.43. The zero-order chi connectivity index (χ0) is 35.5. The summed E-state index contributed by atoms with van der Waals surface area (Å²) in [4.78, 5) is 75.3. The molecule has 4 amide bonds. The molecule has 0 radical (unpaired) electrons. The van der Waals surface area contributed by atoms with Crippen LogP contribution in [0.1, 0.15) is 91.0 Å². The van der Waals surface area contributed by atoms with E-state index in [9.17, 15) is 24.0 Å². The second kappa shape index (κ2) is 15.3. The summed E-state index contributed by atoms with van der Waals surface area (Å²) in [6, 6.07) is 2.02.